The van der Waals surface area contributed by atoms with Gasteiger partial charge in [-0.2, -0.15) is 5.26 Å². The molecular weight excluding hydrogens is 466 g/mol. The van der Waals surface area contributed by atoms with Gasteiger partial charge in [0.2, 0.25) is 0 Å². The standard InChI is InChI=1S/C32H18ClNS/c33-23-14-16-25-24-15-13-22(21-11-9-20(19-34)10-12-21)17-28(24)32(29(25)18-23)26-5-1-3-7-30(26)35-31-8-4-2-6-27(31)32/h1-18H. The molecule has 0 saturated heterocycles. The Balaban J connectivity index is 1.60. The van der Waals surface area contributed by atoms with Crippen LogP contribution < -0.4 is 0 Å². The van der Waals surface area contributed by atoms with Gasteiger partial charge in [-0.1, -0.05) is 90.1 Å². The lowest BCUT2D eigenvalue weighted by Gasteiger charge is -2.39. The van der Waals surface area contributed by atoms with Gasteiger partial charge in [0.15, 0.2) is 0 Å². The molecule has 164 valence electrons. The Morgan fingerprint density at radius 2 is 1.17 bits per heavy atom. The fourth-order valence-electron chi connectivity index (χ4n) is 5.79. The van der Waals surface area contributed by atoms with Crippen molar-refractivity contribution in [2.45, 2.75) is 15.2 Å². The van der Waals surface area contributed by atoms with Crippen molar-refractivity contribution in [3.05, 3.63) is 142 Å². The number of benzene rings is 5. The number of hydrogen-bond acceptors (Lipinski definition) is 2. The van der Waals surface area contributed by atoms with Crippen molar-refractivity contribution in [2.24, 2.45) is 0 Å². The molecule has 7 rings (SSSR count). The highest BCUT2D eigenvalue weighted by molar-refractivity contribution is 7.99. The number of rotatable bonds is 1. The van der Waals surface area contributed by atoms with Gasteiger partial charge in [0.25, 0.3) is 0 Å². The van der Waals surface area contributed by atoms with Crippen molar-refractivity contribution in [1.29, 1.82) is 5.26 Å². The van der Waals surface area contributed by atoms with Crippen molar-refractivity contribution >= 4 is 23.4 Å². The smallest absolute Gasteiger partial charge is 0.0991 e. The first-order valence-electron chi connectivity index (χ1n) is 11.5. The van der Waals surface area contributed by atoms with Gasteiger partial charge in [-0.05, 0) is 87.0 Å². The Morgan fingerprint density at radius 3 is 1.83 bits per heavy atom. The van der Waals surface area contributed by atoms with Gasteiger partial charge in [-0.15, -0.1) is 0 Å². The van der Waals surface area contributed by atoms with E-state index in [4.69, 9.17) is 11.6 Å². The molecule has 1 nitrogen and oxygen atoms in total. The zero-order valence-corrected chi connectivity index (χ0v) is 20.2. The lowest BCUT2D eigenvalue weighted by molar-refractivity contribution is 0.722. The van der Waals surface area contributed by atoms with Crippen LogP contribution in [0.1, 0.15) is 27.8 Å². The molecule has 0 atom stereocenters. The summed E-state index contributed by atoms with van der Waals surface area (Å²) in [5.41, 5.74) is 10.0. The zero-order valence-electron chi connectivity index (χ0n) is 18.6. The molecular formula is C32H18ClNS. The minimum Gasteiger partial charge on any atom is -0.192 e. The fourth-order valence-corrected chi connectivity index (χ4v) is 7.15. The van der Waals surface area contributed by atoms with E-state index in [0.717, 1.165) is 16.1 Å². The van der Waals surface area contributed by atoms with Crippen molar-refractivity contribution in [1.82, 2.24) is 0 Å². The van der Waals surface area contributed by atoms with Crippen LogP contribution in [0.15, 0.2) is 119 Å². The Kier molecular flexibility index (Phi) is 4.48. The maximum atomic E-state index is 9.24. The molecule has 1 aliphatic carbocycles. The van der Waals surface area contributed by atoms with Crippen molar-refractivity contribution in [3.63, 3.8) is 0 Å². The van der Waals surface area contributed by atoms with Gasteiger partial charge < -0.3 is 0 Å². The van der Waals surface area contributed by atoms with Crippen LogP contribution in [0, 0.1) is 11.3 Å². The van der Waals surface area contributed by atoms with Gasteiger partial charge in [0.05, 0.1) is 17.0 Å². The first-order valence-corrected chi connectivity index (χ1v) is 12.7. The molecule has 0 radical (unpaired) electrons. The Morgan fingerprint density at radius 1 is 0.600 bits per heavy atom. The molecule has 1 heterocycles. The minimum absolute atomic E-state index is 0.448. The molecule has 0 aromatic heterocycles. The van der Waals surface area contributed by atoms with E-state index in [-0.39, 0.29) is 0 Å². The molecule has 2 aliphatic rings. The first-order chi connectivity index (χ1) is 17.2. The molecule has 0 unspecified atom stereocenters. The summed E-state index contributed by atoms with van der Waals surface area (Å²) in [6.07, 6.45) is 0. The average Bonchev–Trinajstić information content (AvgIpc) is 3.18. The van der Waals surface area contributed by atoms with Crippen molar-refractivity contribution < 1.29 is 0 Å². The molecule has 1 aliphatic heterocycles. The van der Waals surface area contributed by atoms with Gasteiger partial charge >= 0.3 is 0 Å². The van der Waals surface area contributed by atoms with Crippen LogP contribution in [0.4, 0.5) is 0 Å². The quantitative estimate of drug-likeness (QED) is 0.233. The second kappa shape index (κ2) is 7.62. The molecule has 35 heavy (non-hydrogen) atoms. The third-order valence-electron chi connectivity index (χ3n) is 7.25. The highest BCUT2D eigenvalue weighted by Crippen LogP contribution is 2.62. The summed E-state index contributed by atoms with van der Waals surface area (Å²) in [6, 6.07) is 40.7. The second-order valence-electron chi connectivity index (χ2n) is 8.98. The summed E-state index contributed by atoms with van der Waals surface area (Å²) in [6.45, 7) is 0. The van der Waals surface area contributed by atoms with E-state index in [0.29, 0.717) is 5.56 Å². The normalized spacial score (nSPS) is 13.9. The monoisotopic (exact) mass is 483 g/mol. The molecule has 5 aromatic carbocycles. The van der Waals surface area contributed by atoms with E-state index in [1.165, 1.54) is 43.2 Å². The topological polar surface area (TPSA) is 23.8 Å². The first kappa shape index (κ1) is 20.6. The summed E-state index contributed by atoms with van der Waals surface area (Å²) in [7, 11) is 0. The van der Waals surface area contributed by atoms with Crippen molar-refractivity contribution in [2.75, 3.05) is 0 Å². The van der Waals surface area contributed by atoms with Gasteiger partial charge in [0, 0.05) is 14.8 Å². The second-order valence-corrected chi connectivity index (χ2v) is 10.5. The molecule has 5 aromatic rings. The molecule has 0 fully saturated rings. The van der Waals surface area contributed by atoms with Gasteiger partial charge in [0.1, 0.15) is 0 Å². The van der Waals surface area contributed by atoms with E-state index in [9.17, 15) is 5.26 Å². The summed E-state index contributed by atoms with van der Waals surface area (Å²) in [5.74, 6) is 0. The molecule has 3 heteroatoms. The van der Waals surface area contributed by atoms with E-state index in [2.05, 4.69) is 84.9 Å². The fraction of sp³-hybridized carbons (Fsp3) is 0.0312. The highest BCUT2D eigenvalue weighted by atomic mass is 35.5. The SMILES string of the molecule is N#Cc1ccc(-c2ccc3c(c2)C2(c4ccccc4Sc4ccccc42)c2cc(Cl)ccc2-3)cc1. The maximum absolute atomic E-state index is 9.24. The van der Waals surface area contributed by atoms with Crippen molar-refractivity contribution in [3.8, 4) is 28.3 Å². The van der Waals surface area contributed by atoms with Gasteiger partial charge in [-0.3, -0.25) is 0 Å². The summed E-state index contributed by atoms with van der Waals surface area (Å²) in [4.78, 5) is 2.54. The van der Waals surface area contributed by atoms with Crippen LogP contribution >= 0.6 is 23.4 Å². The Labute approximate surface area is 213 Å². The third-order valence-corrected chi connectivity index (χ3v) is 8.64. The van der Waals surface area contributed by atoms with Crippen LogP contribution in [-0.2, 0) is 5.41 Å². The molecule has 0 amide bonds. The lowest BCUT2D eigenvalue weighted by atomic mass is 9.67. The van der Waals surface area contributed by atoms with E-state index < -0.39 is 5.41 Å². The maximum Gasteiger partial charge on any atom is 0.0991 e. The average molecular weight is 484 g/mol. The van der Waals surface area contributed by atoms with Crippen LogP contribution in [0.3, 0.4) is 0 Å². The summed E-state index contributed by atoms with van der Waals surface area (Å²) < 4.78 is 0. The number of hydrogen-bond donors (Lipinski definition) is 0. The number of halogens is 1. The Bertz CT molecular complexity index is 1650. The largest absolute Gasteiger partial charge is 0.192 e. The highest BCUT2D eigenvalue weighted by Gasteiger charge is 2.50. The van der Waals surface area contributed by atoms with Crippen LogP contribution in [-0.4, -0.2) is 0 Å². The number of nitrogens with zero attached hydrogens (tertiary/aromatic N) is 1. The van der Waals surface area contributed by atoms with Gasteiger partial charge in [-0.25, -0.2) is 0 Å². The number of fused-ring (bicyclic) bond motifs is 9. The Hall–Kier alpha value is -3.77. The van der Waals surface area contributed by atoms with Crippen LogP contribution in [0.2, 0.25) is 5.02 Å². The van der Waals surface area contributed by atoms with Crippen LogP contribution in [0.25, 0.3) is 22.3 Å². The summed E-state index contributed by atoms with van der Waals surface area (Å²) >= 11 is 8.48. The predicted octanol–water partition coefficient (Wildman–Crippen LogP) is 8.71. The van der Waals surface area contributed by atoms with Crippen LogP contribution in [0.5, 0.6) is 0 Å². The van der Waals surface area contributed by atoms with E-state index >= 15 is 0 Å². The molecule has 0 N–H and O–H groups in total. The van der Waals surface area contributed by atoms with E-state index in [1.54, 1.807) is 0 Å². The summed E-state index contributed by atoms with van der Waals surface area (Å²) in [5, 5.41) is 9.98. The molecule has 0 saturated carbocycles. The lowest BCUT2D eigenvalue weighted by Crippen LogP contribution is -2.32. The predicted molar refractivity (Wildman–Crippen MR) is 143 cm³/mol. The van der Waals surface area contributed by atoms with E-state index in [1.807, 2.05) is 42.1 Å². The molecule has 1 spiro atoms. The zero-order chi connectivity index (χ0) is 23.6. The minimum atomic E-state index is -0.448. The number of nitriles is 1. The third kappa shape index (κ3) is 2.83. The molecule has 0 bridgehead atoms.